The molecule has 0 saturated carbocycles. The molecule has 4 rings (SSSR count). The Hall–Kier alpha value is -11.1. The number of ketones is 8. The molecule has 1 heterocycles. The van der Waals surface area contributed by atoms with E-state index in [1.165, 1.54) is 53.4 Å². The summed E-state index contributed by atoms with van der Waals surface area (Å²) >= 11 is 0.971. The van der Waals surface area contributed by atoms with Crippen molar-refractivity contribution in [3.63, 3.8) is 0 Å². The van der Waals surface area contributed by atoms with Gasteiger partial charge in [0.1, 0.15) is 29.1 Å². The van der Waals surface area contributed by atoms with E-state index in [4.69, 9.17) is 5.73 Å². The second kappa shape index (κ2) is 58.7. The molecule has 0 spiro atoms. The maximum absolute atomic E-state index is 14.9. The predicted octanol–water partition coefficient (Wildman–Crippen LogP) is 2.05. The van der Waals surface area contributed by atoms with Crippen molar-refractivity contribution in [2.24, 2.45) is 59.0 Å². The highest BCUT2D eigenvalue weighted by molar-refractivity contribution is 8.00. The Kier molecular flexibility index (Phi) is 50.4. The van der Waals surface area contributed by atoms with Crippen LogP contribution in [0.5, 0.6) is 11.5 Å². The molecule has 0 bridgehead atoms. The van der Waals surface area contributed by atoms with Crippen LogP contribution < -0.4 is 43.0 Å². The number of aliphatic hydroxyl groups is 5. The normalized spacial score (nSPS) is 16.2. The minimum Gasteiger partial charge on any atom is -0.508 e. The number of hydrogen-bond donors (Lipinski definition) is 18. The van der Waals surface area contributed by atoms with Gasteiger partial charge in [0, 0.05) is 88.6 Å². The fourth-order valence-electron chi connectivity index (χ4n) is 15.3. The maximum atomic E-state index is 14.9. The average molecular weight is 1870 g/mol. The van der Waals surface area contributed by atoms with Crippen LogP contribution in [0, 0.1) is 53.3 Å². The number of Topliss-reactive ketones (excluding diaryl/α,β-unsaturated/α-hetero) is 8. The van der Waals surface area contributed by atoms with Crippen molar-refractivity contribution in [1.82, 2.24) is 42.1 Å². The molecule has 1 aliphatic heterocycles. The number of aromatic hydroxyl groups is 2. The largest absolute Gasteiger partial charge is 0.508 e. The minimum atomic E-state index is -1.99. The SMILES string of the molecule is CC[C@H](C)[C@H](NC(=O)[C@H](CO)CC(=O)[C@H](Cc1ccc(O)cc1)NC(=O)[C@H](CC(=O)O)CC(=O)[C@H](CO)NC(=O)[C@@H](CC(=O)[C@H](Cc1ccccc1)NC(=O)[C@@H](CC(=O)CNC(=O)[C@H](CCC(=O)O)CC(=O)CSCC(=O)CCCN1C(=O)CC[C@@H]1CO)[C@@H](C)O)[C@@H](C)O)C(=O)C[C@@H](Cc1ccc(O)cc1)C(=O)N[C@@H](CC(C)C)C(=O)C[C@@H](CC(=O)O)C(=O)N[C@H](C)CCCCN. The van der Waals surface area contributed by atoms with Gasteiger partial charge in [-0.05, 0) is 138 Å². The van der Waals surface area contributed by atoms with E-state index < -0.39 is 280 Å². The topological polar surface area (TPSA) is 640 Å². The molecule has 0 radical (unpaired) electrons. The van der Waals surface area contributed by atoms with Gasteiger partial charge in [-0.15, -0.1) is 11.8 Å². The minimum absolute atomic E-state index is 0.0243. The third-order valence-corrected chi connectivity index (χ3v) is 24.3. The number of hydrogen-bond acceptors (Lipinski definition) is 28. The summed E-state index contributed by atoms with van der Waals surface area (Å²) < 4.78 is 0. The Morgan fingerprint density at radius 1 is 0.455 bits per heavy atom. The van der Waals surface area contributed by atoms with Gasteiger partial charge in [-0.1, -0.05) is 95.1 Å². The number of carbonyl (C=O) groups excluding carboxylic acids is 16. The molecule has 3 aromatic carbocycles. The van der Waals surface area contributed by atoms with Gasteiger partial charge >= 0.3 is 17.9 Å². The van der Waals surface area contributed by atoms with E-state index >= 15 is 0 Å². The fraction of sp³-hybridized carbons (Fsp3) is 0.602. The van der Waals surface area contributed by atoms with E-state index in [1.54, 1.807) is 65.0 Å². The number of phenols is 2. The van der Waals surface area contributed by atoms with Crippen molar-refractivity contribution in [3.05, 3.63) is 95.6 Å². The van der Waals surface area contributed by atoms with Gasteiger partial charge < -0.3 is 98.9 Å². The number of thioether (sulfide) groups is 1. The van der Waals surface area contributed by atoms with Crippen molar-refractivity contribution in [1.29, 1.82) is 0 Å². The van der Waals surface area contributed by atoms with Crippen molar-refractivity contribution in [2.75, 3.05) is 51.0 Å². The summed E-state index contributed by atoms with van der Waals surface area (Å²) in [6, 6.07) is 10.1. The first-order valence-electron chi connectivity index (χ1n) is 44.7. The molecule has 132 heavy (non-hydrogen) atoms. The zero-order chi connectivity index (χ0) is 98.6. The molecule has 8 amide bonds. The van der Waals surface area contributed by atoms with E-state index in [0.717, 1.165) is 25.6 Å². The Labute approximate surface area is 771 Å². The van der Waals surface area contributed by atoms with Crippen LogP contribution in [0.3, 0.4) is 0 Å². The van der Waals surface area contributed by atoms with Crippen LogP contribution in [0.2, 0.25) is 0 Å². The molecule has 39 heteroatoms. The molecule has 0 unspecified atom stereocenters. The second-order valence-corrected chi connectivity index (χ2v) is 35.7. The van der Waals surface area contributed by atoms with Gasteiger partial charge in [-0.3, -0.25) is 91.1 Å². The van der Waals surface area contributed by atoms with Crippen molar-refractivity contribution in [2.45, 2.75) is 251 Å². The lowest BCUT2D eigenvalue weighted by molar-refractivity contribution is -0.143. The number of unbranched alkanes of at least 4 members (excludes halogenated alkanes) is 1. The molecule has 1 fully saturated rings. The van der Waals surface area contributed by atoms with Gasteiger partial charge in [-0.25, -0.2) is 0 Å². The first-order chi connectivity index (χ1) is 62.4. The Morgan fingerprint density at radius 2 is 0.932 bits per heavy atom. The Balaban J connectivity index is 1.52. The summed E-state index contributed by atoms with van der Waals surface area (Å²) in [6.45, 7) is 8.22. The van der Waals surface area contributed by atoms with Crippen LogP contribution in [-0.2, 0) is 110 Å². The van der Waals surface area contributed by atoms with Crippen LogP contribution in [0.15, 0.2) is 78.9 Å². The lowest BCUT2D eigenvalue weighted by Gasteiger charge is -2.28. The molecule has 730 valence electrons. The summed E-state index contributed by atoms with van der Waals surface area (Å²) in [4.78, 5) is 261. The lowest BCUT2D eigenvalue weighted by Crippen LogP contribution is -2.52. The lowest BCUT2D eigenvalue weighted by atomic mass is 9.85. The number of amides is 8. The summed E-state index contributed by atoms with van der Waals surface area (Å²) in [5.74, 6) is -30.1. The molecule has 1 aliphatic rings. The van der Waals surface area contributed by atoms with Gasteiger partial charge in [0.15, 0.2) is 34.7 Å². The van der Waals surface area contributed by atoms with E-state index in [1.807, 2.05) is 0 Å². The summed E-state index contributed by atoms with van der Waals surface area (Å²) in [5.41, 5.74) is 6.77. The standard InChI is InChI=1S/C93H133N9O29S/c1-8-53(4)86(81(117)40-61(34-58-19-25-66(108)26-20-58)89(127)97-73(33-52(2)3)77(113)38-62(42-84(121)122)88(126)96-54(5)15-12-13-31-94)101-91(129)64(47-103)41-78(114)74(36-59-21-27-67(109)28-22-59)98-90(128)63(43-85(123)124)39-79(115)76(49-105)100-93(131)72(56(7)107)45-80(116)75(35-57-16-10-9-11-17-57)99-92(130)71(55(6)106)44-69(111)46-95-87(125)60(23-30-83(119)120)37-70(112)51-132-50-68(110)18-14-32-102-65(48-104)24-29-82(102)118/h9-11,16-17,19-22,25-28,52-56,60-65,71-76,86,103-109H,8,12-15,18,23-24,29-51,94H2,1-7H3,(H,95,125)(H,96,126)(H,97,127)(H,98,128)(H,99,130)(H,100,131)(H,101,129)(H,119,120)(H,121,122)(H,123,124)/t53-,54+,55+,56+,60+,61+,62-,63-,64-,65+,71-,72-,73-,74-,75-,76-,86-/m0/s1. The molecular weight excluding hydrogens is 1740 g/mol. The van der Waals surface area contributed by atoms with Crippen molar-refractivity contribution >= 4 is 123 Å². The van der Waals surface area contributed by atoms with Gasteiger partial charge in [0.25, 0.3) is 0 Å². The number of carboxylic acid groups (broad SMARTS) is 3. The van der Waals surface area contributed by atoms with E-state index in [2.05, 4.69) is 37.2 Å². The number of rotatable bonds is 68. The van der Waals surface area contributed by atoms with Crippen LogP contribution in [0.25, 0.3) is 0 Å². The molecule has 0 aliphatic carbocycles. The van der Waals surface area contributed by atoms with E-state index in [0.29, 0.717) is 56.2 Å². The van der Waals surface area contributed by atoms with Gasteiger partial charge in [0.2, 0.25) is 47.3 Å². The number of aliphatic carboxylic acids is 3. The number of carboxylic acids is 3. The first-order valence-corrected chi connectivity index (χ1v) is 45.9. The number of nitrogens with one attached hydrogen (secondary N) is 7. The van der Waals surface area contributed by atoms with Crippen molar-refractivity contribution < 1.29 is 142 Å². The molecular formula is C93H133N9O29S. The number of nitrogens with two attached hydrogens (primary N) is 1. The zero-order valence-corrected chi connectivity index (χ0v) is 76.8. The highest BCUT2D eigenvalue weighted by Crippen LogP contribution is 2.27. The summed E-state index contributed by atoms with van der Waals surface area (Å²) in [5, 5.41) is 121. The smallest absolute Gasteiger partial charge is 0.304 e. The van der Waals surface area contributed by atoms with Crippen LogP contribution in [0.1, 0.15) is 194 Å². The number of likely N-dealkylation sites (tertiary alicyclic amines) is 1. The first kappa shape index (κ1) is 113. The number of carbonyl (C=O) groups is 19. The number of nitrogens with zero attached hydrogens (tertiary/aromatic N) is 1. The molecule has 19 N–H and O–H groups in total. The summed E-state index contributed by atoms with van der Waals surface area (Å²) in [6.07, 6.45) is -8.94. The highest BCUT2D eigenvalue weighted by atomic mass is 32.2. The van der Waals surface area contributed by atoms with Crippen molar-refractivity contribution in [3.8, 4) is 11.5 Å². The predicted molar refractivity (Wildman–Crippen MR) is 480 cm³/mol. The average Bonchev–Trinajstić information content (AvgIpc) is 0.949. The van der Waals surface area contributed by atoms with Crippen LogP contribution in [-0.4, -0.2) is 273 Å². The Bertz CT molecular complexity index is 4380. The van der Waals surface area contributed by atoms with Gasteiger partial charge in [0.05, 0.1) is 123 Å². The third-order valence-electron chi connectivity index (χ3n) is 23.2. The molecule has 38 nitrogen and oxygen atoms in total. The number of phenolic OH excluding ortho intramolecular Hbond substituents is 2. The van der Waals surface area contributed by atoms with E-state index in [9.17, 15) is 142 Å². The third kappa shape index (κ3) is 40.9. The van der Waals surface area contributed by atoms with Crippen LogP contribution >= 0.6 is 11.8 Å². The second-order valence-electron chi connectivity index (χ2n) is 34.7. The summed E-state index contributed by atoms with van der Waals surface area (Å²) in [7, 11) is 0. The maximum Gasteiger partial charge on any atom is 0.304 e. The Morgan fingerprint density at radius 3 is 1.45 bits per heavy atom. The molecule has 3 aromatic rings. The molecule has 0 aromatic heterocycles. The molecule has 17 atom stereocenters. The van der Waals surface area contributed by atoms with Gasteiger partial charge in [-0.2, -0.15) is 0 Å². The van der Waals surface area contributed by atoms with Crippen LogP contribution in [0.4, 0.5) is 0 Å². The number of benzene rings is 3. The fourth-order valence-corrected chi connectivity index (χ4v) is 16.1. The quantitative estimate of drug-likeness (QED) is 0.0360. The zero-order valence-electron chi connectivity index (χ0n) is 76.0. The highest BCUT2D eigenvalue weighted by Gasteiger charge is 2.41. The van der Waals surface area contributed by atoms with E-state index in [-0.39, 0.29) is 110 Å². The monoisotopic (exact) mass is 1870 g/mol. The molecule has 1 saturated heterocycles. The number of aliphatic hydroxyl groups excluding tert-OH is 5.